The van der Waals surface area contributed by atoms with Gasteiger partial charge in [-0.2, -0.15) is 0 Å². The number of nitrogens with zero attached hydrogens (tertiary/aromatic N) is 1. The van der Waals surface area contributed by atoms with Gasteiger partial charge in [0.15, 0.2) is 0 Å². The fourth-order valence-electron chi connectivity index (χ4n) is 3.27. The summed E-state index contributed by atoms with van der Waals surface area (Å²) in [5.74, 6) is 0.182. The maximum absolute atomic E-state index is 12.4. The standard InChI is InChI=1S/C15H29N3O2/c16-13-15(5-2-1-3-6-15)14(19)17-7-4-8-18-9-11-20-12-10-18/h1-13,16H2,(H,17,19). The number of hydrogen-bond donors (Lipinski definition) is 2. The van der Waals surface area contributed by atoms with Gasteiger partial charge in [0.25, 0.3) is 0 Å². The summed E-state index contributed by atoms with van der Waals surface area (Å²) in [5.41, 5.74) is 5.60. The van der Waals surface area contributed by atoms with Crippen molar-refractivity contribution < 1.29 is 9.53 Å². The first kappa shape index (κ1) is 15.7. The lowest BCUT2D eigenvalue weighted by Crippen LogP contribution is -2.47. The van der Waals surface area contributed by atoms with Crippen LogP contribution in [0.2, 0.25) is 0 Å². The number of hydrogen-bond acceptors (Lipinski definition) is 4. The molecule has 2 fully saturated rings. The minimum atomic E-state index is -0.281. The molecule has 1 aliphatic heterocycles. The van der Waals surface area contributed by atoms with Crippen LogP contribution in [0.15, 0.2) is 0 Å². The van der Waals surface area contributed by atoms with Crippen LogP contribution in [-0.4, -0.2) is 56.7 Å². The first-order valence-electron chi connectivity index (χ1n) is 8.05. The lowest BCUT2D eigenvalue weighted by Gasteiger charge is -2.34. The minimum Gasteiger partial charge on any atom is -0.379 e. The fraction of sp³-hybridized carbons (Fsp3) is 0.933. The maximum atomic E-state index is 12.4. The van der Waals surface area contributed by atoms with Crippen molar-refractivity contribution in [1.29, 1.82) is 0 Å². The third-order valence-corrected chi connectivity index (χ3v) is 4.72. The SMILES string of the molecule is NCC1(C(=O)NCCCN2CCOCC2)CCCCC1. The van der Waals surface area contributed by atoms with Gasteiger partial charge in [-0.05, 0) is 25.8 Å². The second-order valence-electron chi connectivity index (χ2n) is 6.11. The molecule has 2 aliphatic rings. The molecule has 0 unspecified atom stereocenters. The molecule has 2 rings (SSSR count). The van der Waals surface area contributed by atoms with Crippen LogP contribution in [0.1, 0.15) is 38.5 Å². The molecule has 3 N–H and O–H groups in total. The van der Waals surface area contributed by atoms with Crippen molar-refractivity contribution in [2.24, 2.45) is 11.1 Å². The molecule has 116 valence electrons. The summed E-state index contributed by atoms with van der Waals surface area (Å²) in [6, 6.07) is 0. The Balaban J connectivity index is 1.65. The monoisotopic (exact) mass is 283 g/mol. The van der Waals surface area contributed by atoms with E-state index in [0.717, 1.165) is 71.5 Å². The Morgan fingerprint density at radius 2 is 1.90 bits per heavy atom. The highest BCUT2D eigenvalue weighted by Crippen LogP contribution is 2.35. The Labute approximate surface area is 122 Å². The Morgan fingerprint density at radius 1 is 1.20 bits per heavy atom. The zero-order valence-corrected chi connectivity index (χ0v) is 12.5. The van der Waals surface area contributed by atoms with Crippen molar-refractivity contribution in [3.05, 3.63) is 0 Å². The smallest absolute Gasteiger partial charge is 0.227 e. The number of carbonyl (C=O) groups excluding carboxylic acids is 1. The van der Waals surface area contributed by atoms with E-state index >= 15 is 0 Å². The number of amides is 1. The van der Waals surface area contributed by atoms with Gasteiger partial charge in [-0.25, -0.2) is 0 Å². The molecule has 0 radical (unpaired) electrons. The summed E-state index contributed by atoms with van der Waals surface area (Å²) < 4.78 is 5.33. The number of nitrogens with one attached hydrogen (secondary N) is 1. The van der Waals surface area contributed by atoms with Crippen LogP contribution >= 0.6 is 0 Å². The molecule has 1 aliphatic carbocycles. The molecular formula is C15H29N3O2. The zero-order chi connectivity index (χ0) is 14.3. The maximum Gasteiger partial charge on any atom is 0.227 e. The fourth-order valence-corrected chi connectivity index (χ4v) is 3.27. The molecule has 1 saturated carbocycles. The molecule has 1 heterocycles. The third kappa shape index (κ3) is 4.17. The van der Waals surface area contributed by atoms with Crippen LogP contribution in [0, 0.1) is 5.41 Å². The number of nitrogens with two attached hydrogens (primary N) is 1. The second-order valence-corrected chi connectivity index (χ2v) is 6.11. The van der Waals surface area contributed by atoms with Gasteiger partial charge in [0.1, 0.15) is 0 Å². The molecule has 1 amide bonds. The van der Waals surface area contributed by atoms with E-state index in [4.69, 9.17) is 10.5 Å². The van der Waals surface area contributed by atoms with Crippen LogP contribution in [0.25, 0.3) is 0 Å². The average Bonchev–Trinajstić information content (AvgIpc) is 2.53. The lowest BCUT2D eigenvalue weighted by molar-refractivity contribution is -0.132. The van der Waals surface area contributed by atoms with Crippen molar-refractivity contribution in [3.8, 4) is 0 Å². The number of rotatable bonds is 6. The van der Waals surface area contributed by atoms with Crippen molar-refractivity contribution in [1.82, 2.24) is 10.2 Å². The Bertz CT molecular complexity index is 297. The molecule has 5 heteroatoms. The molecule has 1 saturated heterocycles. The van der Waals surface area contributed by atoms with E-state index < -0.39 is 0 Å². The Kier molecular flexibility index (Phi) is 6.26. The zero-order valence-electron chi connectivity index (χ0n) is 12.5. The quantitative estimate of drug-likeness (QED) is 0.705. The van der Waals surface area contributed by atoms with Gasteiger partial charge in [0.05, 0.1) is 18.6 Å². The predicted molar refractivity (Wildman–Crippen MR) is 79.5 cm³/mol. The summed E-state index contributed by atoms with van der Waals surface area (Å²) in [6.07, 6.45) is 6.44. The van der Waals surface area contributed by atoms with Crippen LogP contribution < -0.4 is 11.1 Å². The van der Waals surface area contributed by atoms with E-state index in [1.54, 1.807) is 0 Å². The average molecular weight is 283 g/mol. The Morgan fingerprint density at radius 3 is 2.55 bits per heavy atom. The third-order valence-electron chi connectivity index (χ3n) is 4.72. The van der Waals surface area contributed by atoms with Gasteiger partial charge in [-0.1, -0.05) is 19.3 Å². The van der Waals surface area contributed by atoms with Crippen LogP contribution in [0.5, 0.6) is 0 Å². The van der Waals surface area contributed by atoms with E-state index in [0.29, 0.717) is 6.54 Å². The van der Waals surface area contributed by atoms with Gasteiger partial charge >= 0.3 is 0 Å². The summed E-state index contributed by atoms with van der Waals surface area (Å²) in [6.45, 7) is 5.99. The van der Waals surface area contributed by atoms with E-state index in [2.05, 4.69) is 10.2 Å². The summed E-state index contributed by atoms with van der Waals surface area (Å²) in [7, 11) is 0. The van der Waals surface area contributed by atoms with Crippen LogP contribution in [-0.2, 0) is 9.53 Å². The van der Waals surface area contributed by atoms with Crippen molar-refractivity contribution in [3.63, 3.8) is 0 Å². The first-order chi connectivity index (χ1) is 9.77. The van der Waals surface area contributed by atoms with Crippen molar-refractivity contribution in [2.45, 2.75) is 38.5 Å². The van der Waals surface area contributed by atoms with Gasteiger partial charge in [-0.15, -0.1) is 0 Å². The molecular weight excluding hydrogens is 254 g/mol. The van der Waals surface area contributed by atoms with Gasteiger partial charge < -0.3 is 15.8 Å². The molecule has 5 nitrogen and oxygen atoms in total. The van der Waals surface area contributed by atoms with E-state index in [1.165, 1.54) is 6.42 Å². The molecule has 20 heavy (non-hydrogen) atoms. The molecule has 0 atom stereocenters. The first-order valence-corrected chi connectivity index (χ1v) is 8.05. The molecule has 0 aromatic rings. The van der Waals surface area contributed by atoms with Crippen molar-refractivity contribution in [2.75, 3.05) is 45.9 Å². The van der Waals surface area contributed by atoms with Gasteiger partial charge in [-0.3, -0.25) is 9.69 Å². The lowest BCUT2D eigenvalue weighted by atomic mass is 9.73. The largest absolute Gasteiger partial charge is 0.379 e. The number of morpholine rings is 1. The summed E-state index contributed by atoms with van der Waals surface area (Å²) >= 11 is 0. The second kappa shape index (κ2) is 7.96. The van der Waals surface area contributed by atoms with Crippen LogP contribution in [0.3, 0.4) is 0 Å². The minimum absolute atomic E-state index is 0.182. The number of carbonyl (C=O) groups is 1. The summed E-state index contributed by atoms with van der Waals surface area (Å²) in [5, 5.41) is 3.11. The van der Waals surface area contributed by atoms with Gasteiger partial charge in [0, 0.05) is 26.2 Å². The molecule has 0 spiro atoms. The highest BCUT2D eigenvalue weighted by atomic mass is 16.5. The topological polar surface area (TPSA) is 67.6 Å². The predicted octanol–water partition coefficient (Wildman–Crippen LogP) is 0.734. The van der Waals surface area contributed by atoms with Crippen molar-refractivity contribution >= 4 is 5.91 Å². The molecule has 0 aromatic carbocycles. The normalized spacial score (nSPS) is 23.4. The van der Waals surface area contributed by atoms with E-state index in [9.17, 15) is 4.79 Å². The number of ether oxygens (including phenoxy) is 1. The summed E-state index contributed by atoms with van der Waals surface area (Å²) in [4.78, 5) is 14.8. The molecule has 0 bridgehead atoms. The highest BCUT2D eigenvalue weighted by Gasteiger charge is 2.37. The Hall–Kier alpha value is -0.650. The van der Waals surface area contributed by atoms with E-state index in [1.807, 2.05) is 0 Å². The van der Waals surface area contributed by atoms with Crippen LogP contribution in [0.4, 0.5) is 0 Å². The molecule has 0 aromatic heterocycles. The van der Waals surface area contributed by atoms with Gasteiger partial charge in [0.2, 0.25) is 5.91 Å². The van der Waals surface area contributed by atoms with E-state index in [-0.39, 0.29) is 11.3 Å². The highest BCUT2D eigenvalue weighted by molar-refractivity contribution is 5.82.